The number of carbonyl (C=O) groups is 4. The maximum absolute atomic E-state index is 13.5. The Balaban J connectivity index is 1.83. The molecule has 13 nitrogen and oxygen atoms in total. The van der Waals surface area contributed by atoms with Crippen molar-refractivity contribution < 1.29 is 24.3 Å². The predicted molar refractivity (Wildman–Crippen MR) is 142 cm³/mol. The van der Waals surface area contributed by atoms with Gasteiger partial charge in [-0.25, -0.2) is 4.79 Å². The summed E-state index contributed by atoms with van der Waals surface area (Å²) in [5, 5.41) is 15.9. The van der Waals surface area contributed by atoms with E-state index in [1.54, 1.807) is 6.20 Å². The molecule has 3 amide bonds. The summed E-state index contributed by atoms with van der Waals surface area (Å²) in [6.07, 6.45) is 3.33. The Labute approximate surface area is 220 Å². The summed E-state index contributed by atoms with van der Waals surface area (Å²) in [6.45, 7) is 2.01. The van der Waals surface area contributed by atoms with E-state index in [9.17, 15) is 24.3 Å². The van der Waals surface area contributed by atoms with Crippen LogP contribution in [0, 0.1) is 0 Å². The molecule has 3 rings (SSSR count). The Morgan fingerprint density at radius 1 is 1.16 bits per heavy atom. The number of aromatic amines is 1. The van der Waals surface area contributed by atoms with Crippen molar-refractivity contribution in [2.45, 2.75) is 63.2 Å². The van der Waals surface area contributed by atoms with Gasteiger partial charge in [-0.15, -0.1) is 0 Å². The highest BCUT2D eigenvalue weighted by Crippen LogP contribution is 2.21. The number of likely N-dealkylation sites (tertiary alicyclic amines) is 1. The van der Waals surface area contributed by atoms with Gasteiger partial charge in [-0.05, 0) is 44.2 Å². The molecule has 38 heavy (non-hydrogen) atoms. The van der Waals surface area contributed by atoms with Crippen molar-refractivity contribution in [1.29, 1.82) is 0 Å². The molecule has 1 aromatic heterocycles. The monoisotopic (exact) mass is 528 g/mol. The van der Waals surface area contributed by atoms with Crippen molar-refractivity contribution in [3.05, 3.63) is 36.0 Å². The number of aliphatic imine (C=N–C) groups is 1. The van der Waals surface area contributed by atoms with Gasteiger partial charge in [0, 0.05) is 36.6 Å². The molecule has 4 unspecified atom stereocenters. The van der Waals surface area contributed by atoms with Crippen molar-refractivity contribution in [3.63, 3.8) is 0 Å². The molecule has 2 aromatic rings. The maximum Gasteiger partial charge on any atom is 0.326 e. The third-order valence-corrected chi connectivity index (χ3v) is 6.53. The molecule has 1 aromatic carbocycles. The summed E-state index contributed by atoms with van der Waals surface area (Å²) in [7, 11) is 0. The number of benzene rings is 1. The normalized spacial score (nSPS) is 17.4. The molecule has 13 heteroatoms. The number of guanidine groups is 1. The van der Waals surface area contributed by atoms with Crippen molar-refractivity contribution in [3.8, 4) is 0 Å². The maximum atomic E-state index is 13.5. The van der Waals surface area contributed by atoms with Gasteiger partial charge >= 0.3 is 5.97 Å². The van der Waals surface area contributed by atoms with Crippen molar-refractivity contribution in [2.75, 3.05) is 13.1 Å². The number of hydrogen-bond acceptors (Lipinski definition) is 6. The minimum absolute atomic E-state index is 0.0974. The van der Waals surface area contributed by atoms with E-state index in [0.29, 0.717) is 19.3 Å². The quantitative estimate of drug-likeness (QED) is 0.104. The van der Waals surface area contributed by atoms with E-state index in [1.807, 2.05) is 24.3 Å². The van der Waals surface area contributed by atoms with Crippen molar-refractivity contribution >= 4 is 40.6 Å². The molecule has 0 saturated carbocycles. The molecule has 0 spiro atoms. The predicted octanol–water partition coefficient (Wildman–Crippen LogP) is -0.844. The molecule has 0 radical (unpaired) electrons. The Bertz CT molecular complexity index is 1190. The van der Waals surface area contributed by atoms with Gasteiger partial charge in [0.15, 0.2) is 5.96 Å². The topological polar surface area (TPSA) is 222 Å². The summed E-state index contributed by atoms with van der Waals surface area (Å²) in [5.41, 5.74) is 18.2. The Kier molecular flexibility index (Phi) is 9.66. The first-order valence-electron chi connectivity index (χ1n) is 12.6. The Morgan fingerprint density at radius 2 is 1.87 bits per heavy atom. The second-order valence-electron chi connectivity index (χ2n) is 9.45. The smallest absolute Gasteiger partial charge is 0.326 e. The van der Waals surface area contributed by atoms with E-state index in [-0.39, 0.29) is 31.9 Å². The number of nitrogens with zero attached hydrogens (tertiary/aromatic N) is 2. The number of aromatic nitrogens is 1. The molecule has 0 aliphatic carbocycles. The molecule has 1 aliphatic heterocycles. The van der Waals surface area contributed by atoms with Crippen LogP contribution in [0.4, 0.5) is 0 Å². The Morgan fingerprint density at radius 3 is 2.55 bits per heavy atom. The highest BCUT2D eigenvalue weighted by Gasteiger charge is 2.38. The number of H-pyrrole nitrogens is 1. The largest absolute Gasteiger partial charge is 0.480 e. The van der Waals surface area contributed by atoms with Crippen LogP contribution in [-0.4, -0.2) is 81.9 Å². The molecule has 206 valence electrons. The van der Waals surface area contributed by atoms with Crippen LogP contribution in [0.1, 0.15) is 38.2 Å². The number of aliphatic carboxylic acids is 1. The van der Waals surface area contributed by atoms with Crippen molar-refractivity contribution in [2.24, 2.45) is 22.2 Å². The lowest BCUT2D eigenvalue weighted by molar-refractivity contribution is -0.149. The number of rotatable bonds is 12. The summed E-state index contributed by atoms with van der Waals surface area (Å²) in [6, 6.07) is 3.67. The number of amides is 3. The van der Waals surface area contributed by atoms with Gasteiger partial charge < -0.3 is 42.8 Å². The number of nitrogens with one attached hydrogen (secondary N) is 3. The van der Waals surface area contributed by atoms with Crippen LogP contribution < -0.4 is 27.8 Å². The zero-order chi connectivity index (χ0) is 27.8. The zero-order valence-electron chi connectivity index (χ0n) is 21.4. The van der Waals surface area contributed by atoms with Gasteiger partial charge in [0.2, 0.25) is 17.7 Å². The van der Waals surface area contributed by atoms with Gasteiger partial charge in [0.25, 0.3) is 0 Å². The fraction of sp³-hybridized carbons (Fsp3) is 0.480. The Hall–Kier alpha value is -4.13. The first-order valence-corrected chi connectivity index (χ1v) is 12.6. The lowest BCUT2D eigenvalue weighted by Gasteiger charge is -2.29. The summed E-state index contributed by atoms with van der Waals surface area (Å²) < 4.78 is 0. The summed E-state index contributed by atoms with van der Waals surface area (Å²) >= 11 is 0. The SMILES string of the molecule is CC(N)C(=O)NC(Cc1c[nH]c2ccccc12)C(=O)NC(CCCN=C(N)N)C(=O)N1CCCC1C(=O)O. The van der Waals surface area contributed by atoms with E-state index < -0.39 is 47.9 Å². The van der Waals surface area contributed by atoms with E-state index in [4.69, 9.17) is 17.2 Å². The molecule has 4 atom stereocenters. The van der Waals surface area contributed by atoms with Gasteiger partial charge in [-0.3, -0.25) is 19.4 Å². The minimum atomic E-state index is -1.09. The molecule has 1 aliphatic rings. The fourth-order valence-electron chi connectivity index (χ4n) is 4.55. The van der Waals surface area contributed by atoms with Gasteiger partial charge in [0.05, 0.1) is 6.04 Å². The lowest BCUT2D eigenvalue weighted by Crippen LogP contribution is -2.57. The lowest BCUT2D eigenvalue weighted by atomic mass is 10.0. The van der Waals surface area contributed by atoms with Gasteiger partial charge in [0.1, 0.15) is 18.1 Å². The number of fused-ring (bicyclic) bond motifs is 1. The molecular formula is C25H36N8O5. The van der Waals surface area contributed by atoms with Crippen LogP contribution in [0.3, 0.4) is 0 Å². The van der Waals surface area contributed by atoms with Crippen LogP contribution in [0.25, 0.3) is 10.9 Å². The number of hydrogen-bond donors (Lipinski definition) is 7. The summed E-state index contributed by atoms with van der Waals surface area (Å²) in [4.78, 5) is 59.4. The number of para-hydroxylation sites is 1. The molecule has 2 heterocycles. The van der Waals surface area contributed by atoms with Crippen LogP contribution >= 0.6 is 0 Å². The number of carboxylic acid groups (broad SMARTS) is 1. The van der Waals surface area contributed by atoms with E-state index in [2.05, 4.69) is 20.6 Å². The van der Waals surface area contributed by atoms with Gasteiger partial charge in [-0.1, -0.05) is 18.2 Å². The number of nitrogens with two attached hydrogens (primary N) is 3. The zero-order valence-corrected chi connectivity index (χ0v) is 21.4. The second kappa shape index (κ2) is 12.9. The van der Waals surface area contributed by atoms with Crippen LogP contribution in [-0.2, 0) is 25.6 Å². The standard InChI is InChI=1S/C25H36N8O5/c1-14(26)21(34)32-19(12-15-13-30-17-7-3-2-6-16(15)17)22(35)31-18(8-4-10-29-25(27)28)23(36)33-11-5-9-20(33)24(37)38/h2-3,6-7,13-14,18-20,30H,4-5,8-12,26H2,1H3,(H,31,35)(H,32,34)(H,37,38)(H4,27,28,29). The molecule has 10 N–H and O–H groups in total. The molecular weight excluding hydrogens is 492 g/mol. The average molecular weight is 529 g/mol. The number of carboxylic acids is 1. The third-order valence-electron chi connectivity index (χ3n) is 6.53. The molecule has 1 saturated heterocycles. The first kappa shape index (κ1) is 28.4. The van der Waals surface area contributed by atoms with Gasteiger partial charge in [-0.2, -0.15) is 0 Å². The molecule has 0 bridgehead atoms. The molecule has 1 fully saturated rings. The highest BCUT2D eigenvalue weighted by atomic mass is 16.4. The van der Waals surface area contributed by atoms with E-state index >= 15 is 0 Å². The fourth-order valence-corrected chi connectivity index (χ4v) is 4.55. The summed E-state index contributed by atoms with van der Waals surface area (Å²) in [5.74, 6) is -2.80. The van der Waals surface area contributed by atoms with Crippen LogP contribution in [0.15, 0.2) is 35.5 Å². The second-order valence-corrected chi connectivity index (χ2v) is 9.45. The third kappa shape index (κ3) is 7.22. The van der Waals surface area contributed by atoms with Crippen molar-refractivity contribution in [1.82, 2.24) is 20.5 Å². The van der Waals surface area contributed by atoms with Crippen LogP contribution in [0.5, 0.6) is 0 Å². The van der Waals surface area contributed by atoms with E-state index in [0.717, 1.165) is 16.5 Å². The number of carbonyl (C=O) groups excluding carboxylic acids is 3. The first-order chi connectivity index (χ1) is 18.1. The highest BCUT2D eigenvalue weighted by molar-refractivity contribution is 5.95. The van der Waals surface area contributed by atoms with E-state index in [1.165, 1.54) is 11.8 Å². The van der Waals surface area contributed by atoms with Crippen LogP contribution in [0.2, 0.25) is 0 Å². The average Bonchev–Trinajstić information content (AvgIpc) is 3.52. The minimum Gasteiger partial charge on any atom is -0.480 e.